The third kappa shape index (κ3) is 6.41. The van der Waals surface area contributed by atoms with Crippen molar-refractivity contribution in [3.63, 3.8) is 0 Å². The second kappa shape index (κ2) is 14.3. The lowest BCUT2D eigenvalue weighted by molar-refractivity contribution is 0.0442. The van der Waals surface area contributed by atoms with Crippen LogP contribution in [-0.4, -0.2) is 38.4 Å². The summed E-state index contributed by atoms with van der Waals surface area (Å²) in [5.74, 6) is 0.628. The highest BCUT2D eigenvalue weighted by molar-refractivity contribution is 5.90. The van der Waals surface area contributed by atoms with E-state index >= 15 is 0 Å². The molecule has 6 heteroatoms. The summed E-state index contributed by atoms with van der Waals surface area (Å²) in [6.07, 6.45) is 0. The van der Waals surface area contributed by atoms with Gasteiger partial charge in [0.1, 0.15) is 37.9 Å². The second-order valence-electron chi connectivity index (χ2n) is 11.6. The van der Waals surface area contributed by atoms with Gasteiger partial charge < -0.3 is 18.9 Å². The Hall–Kier alpha value is -6.14. The van der Waals surface area contributed by atoms with Gasteiger partial charge in [0.15, 0.2) is 0 Å². The topological polar surface area (TPSA) is 71.1 Å². The number of hydrogen-bond acceptors (Lipinski definition) is 6. The smallest absolute Gasteiger partial charge is 0.338 e. The first-order chi connectivity index (χ1) is 24.1. The summed E-state index contributed by atoms with van der Waals surface area (Å²) >= 11 is 0. The van der Waals surface area contributed by atoms with Crippen molar-refractivity contribution in [2.45, 2.75) is 5.41 Å². The third-order valence-corrected chi connectivity index (χ3v) is 8.72. The minimum atomic E-state index is -0.583. The Bertz CT molecular complexity index is 1890. The molecule has 0 saturated carbocycles. The Labute approximate surface area is 285 Å². The van der Waals surface area contributed by atoms with Crippen molar-refractivity contribution in [2.75, 3.05) is 26.4 Å². The lowest BCUT2D eigenvalue weighted by Gasteiger charge is -2.34. The van der Waals surface area contributed by atoms with E-state index in [1.165, 1.54) is 22.3 Å². The Balaban J connectivity index is 1.10. The molecular formula is C43H34O6. The van der Waals surface area contributed by atoms with Gasteiger partial charge in [0, 0.05) is 0 Å². The number of ether oxygens (including phenoxy) is 4. The maximum Gasteiger partial charge on any atom is 0.338 e. The molecule has 0 heterocycles. The van der Waals surface area contributed by atoms with Crippen LogP contribution in [0.3, 0.4) is 0 Å². The molecule has 242 valence electrons. The van der Waals surface area contributed by atoms with Crippen molar-refractivity contribution >= 4 is 11.9 Å². The van der Waals surface area contributed by atoms with Crippen molar-refractivity contribution in [2.24, 2.45) is 0 Å². The minimum Gasteiger partial charge on any atom is -0.490 e. The Morgan fingerprint density at radius 1 is 0.408 bits per heavy atom. The molecule has 6 aromatic rings. The normalized spacial score (nSPS) is 12.3. The van der Waals surface area contributed by atoms with Gasteiger partial charge in [0.25, 0.3) is 0 Å². The fourth-order valence-electron chi connectivity index (χ4n) is 6.53. The van der Waals surface area contributed by atoms with E-state index in [0.717, 1.165) is 11.1 Å². The van der Waals surface area contributed by atoms with Crippen LogP contribution < -0.4 is 9.47 Å². The monoisotopic (exact) mass is 646 g/mol. The van der Waals surface area contributed by atoms with Crippen LogP contribution in [0.25, 0.3) is 11.1 Å². The SMILES string of the molecule is O=C(OCCOc1ccc(C2(c3ccc(OCCOC(=O)c4ccccc4)cc3)c3ccccc3-c3ccccc32)cc1)c1ccccc1. The molecule has 0 atom stereocenters. The van der Waals surface area contributed by atoms with E-state index in [9.17, 15) is 9.59 Å². The zero-order valence-corrected chi connectivity index (χ0v) is 26.8. The molecule has 0 radical (unpaired) electrons. The number of rotatable bonds is 12. The summed E-state index contributed by atoms with van der Waals surface area (Å²) < 4.78 is 22.7. The molecule has 0 fully saturated rings. The third-order valence-electron chi connectivity index (χ3n) is 8.72. The molecule has 0 spiro atoms. The van der Waals surface area contributed by atoms with Crippen molar-refractivity contribution in [1.29, 1.82) is 0 Å². The first kappa shape index (κ1) is 31.5. The summed E-state index contributed by atoms with van der Waals surface area (Å²) in [5.41, 5.74) is 7.40. The van der Waals surface area contributed by atoms with Crippen LogP contribution in [0.1, 0.15) is 43.0 Å². The highest BCUT2D eigenvalue weighted by atomic mass is 16.6. The lowest BCUT2D eigenvalue weighted by Crippen LogP contribution is -2.28. The van der Waals surface area contributed by atoms with E-state index in [-0.39, 0.29) is 38.4 Å². The Morgan fingerprint density at radius 2 is 0.776 bits per heavy atom. The van der Waals surface area contributed by atoms with E-state index in [2.05, 4.69) is 72.8 Å². The zero-order valence-electron chi connectivity index (χ0n) is 26.8. The summed E-state index contributed by atoms with van der Waals surface area (Å²) in [5, 5.41) is 0. The van der Waals surface area contributed by atoms with E-state index in [1.807, 2.05) is 36.4 Å². The minimum absolute atomic E-state index is 0.143. The average molecular weight is 647 g/mol. The van der Waals surface area contributed by atoms with Crippen LogP contribution in [0.2, 0.25) is 0 Å². The van der Waals surface area contributed by atoms with Gasteiger partial charge in [0.05, 0.1) is 16.5 Å². The molecule has 0 saturated heterocycles. The molecule has 0 bridgehead atoms. The van der Waals surface area contributed by atoms with Gasteiger partial charge in [-0.25, -0.2) is 9.59 Å². The quantitative estimate of drug-likeness (QED) is 0.0979. The van der Waals surface area contributed by atoms with E-state index in [0.29, 0.717) is 22.6 Å². The number of carbonyl (C=O) groups is 2. The Kier molecular flexibility index (Phi) is 9.19. The standard InChI is InChI=1S/C43H34O6/c44-41(31-11-3-1-4-12-31)48-29-27-46-35-23-19-33(20-24-35)43(39-17-9-7-15-37(39)38-16-8-10-18-40(38)43)34-21-25-36(26-22-34)47-28-30-49-42(45)32-13-5-2-6-14-32/h1-26H,27-30H2. The number of carbonyl (C=O) groups excluding carboxylic acids is 2. The van der Waals surface area contributed by atoms with Crippen LogP contribution in [0.4, 0.5) is 0 Å². The van der Waals surface area contributed by atoms with Crippen LogP contribution in [-0.2, 0) is 14.9 Å². The van der Waals surface area contributed by atoms with Gasteiger partial charge in [-0.15, -0.1) is 0 Å². The maximum absolute atomic E-state index is 12.3. The molecule has 49 heavy (non-hydrogen) atoms. The molecule has 6 aromatic carbocycles. The molecular weight excluding hydrogens is 612 g/mol. The van der Waals surface area contributed by atoms with Crippen molar-refractivity contribution in [3.05, 3.63) is 191 Å². The number of benzene rings is 6. The Morgan fingerprint density at radius 3 is 1.18 bits per heavy atom. The molecule has 1 aliphatic carbocycles. The summed E-state index contributed by atoms with van der Waals surface area (Å²) in [6, 6.07) is 51.2. The first-order valence-corrected chi connectivity index (χ1v) is 16.2. The number of fused-ring (bicyclic) bond motifs is 3. The van der Waals surface area contributed by atoms with Crippen molar-refractivity contribution < 1.29 is 28.5 Å². The summed E-state index contributed by atoms with van der Waals surface area (Å²) in [4.78, 5) is 24.6. The van der Waals surface area contributed by atoms with Gasteiger partial charge in [-0.05, 0) is 81.9 Å². The van der Waals surface area contributed by atoms with E-state index in [1.54, 1.807) is 48.5 Å². The van der Waals surface area contributed by atoms with Crippen LogP contribution >= 0.6 is 0 Å². The van der Waals surface area contributed by atoms with E-state index < -0.39 is 5.41 Å². The molecule has 6 nitrogen and oxygen atoms in total. The largest absolute Gasteiger partial charge is 0.490 e. The van der Waals surface area contributed by atoms with Gasteiger partial charge in [-0.2, -0.15) is 0 Å². The van der Waals surface area contributed by atoms with Gasteiger partial charge in [-0.3, -0.25) is 0 Å². The molecule has 0 unspecified atom stereocenters. The fourth-order valence-corrected chi connectivity index (χ4v) is 6.53. The number of esters is 2. The molecule has 0 aliphatic heterocycles. The zero-order chi connectivity index (χ0) is 33.5. The fraction of sp³-hybridized carbons (Fsp3) is 0.116. The summed E-state index contributed by atoms with van der Waals surface area (Å²) in [6.45, 7) is 0.761. The molecule has 0 N–H and O–H groups in total. The lowest BCUT2D eigenvalue weighted by atomic mass is 9.68. The predicted octanol–water partition coefficient (Wildman–Crippen LogP) is 8.52. The van der Waals surface area contributed by atoms with Crippen molar-refractivity contribution in [3.8, 4) is 22.6 Å². The predicted molar refractivity (Wildman–Crippen MR) is 188 cm³/mol. The molecule has 1 aliphatic rings. The van der Waals surface area contributed by atoms with Gasteiger partial charge >= 0.3 is 11.9 Å². The highest BCUT2D eigenvalue weighted by Gasteiger charge is 2.45. The highest BCUT2D eigenvalue weighted by Crippen LogP contribution is 2.56. The van der Waals surface area contributed by atoms with Crippen LogP contribution in [0.15, 0.2) is 158 Å². The van der Waals surface area contributed by atoms with Crippen LogP contribution in [0, 0.1) is 0 Å². The second-order valence-corrected chi connectivity index (χ2v) is 11.6. The van der Waals surface area contributed by atoms with Gasteiger partial charge in [-0.1, -0.05) is 109 Å². The summed E-state index contributed by atoms with van der Waals surface area (Å²) in [7, 11) is 0. The molecule has 7 rings (SSSR count). The maximum atomic E-state index is 12.3. The van der Waals surface area contributed by atoms with E-state index in [4.69, 9.17) is 18.9 Å². The molecule has 0 aromatic heterocycles. The average Bonchev–Trinajstić information content (AvgIpc) is 3.47. The van der Waals surface area contributed by atoms with Gasteiger partial charge in [0.2, 0.25) is 0 Å². The first-order valence-electron chi connectivity index (χ1n) is 16.2. The van der Waals surface area contributed by atoms with Crippen molar-refractivity contribution in [1.82, 2.24) is 0 Å². The molecule has 0 amide bonds. The van der Waals surface area contributed by atoms with Crippen LogP contribution in [0.5, 0.6) is 11.5 Å². The number of hydrogen-bond donors (Lipinski definition) is 0.